The average Bonchev–Trinajstić information content (AvgIpc) is 2.87. The molecule has 4 nitrogen and oxygen atoms in total. The Labute approximate surface area is 121 Å². The maximum atomic E-state index is 4.16. The number of H-pyrrole nitrogens is 1. The fourth-order valence-corrected chi connectivity index (χ4v) is 2.65. The highest BCUT2D eigenvalue weighted by molar-refractivity contribution is 5.83. The Morgan fingerprint density at radius 1 is 1.30 bits per heavy atom. The molecule has 0 unspecified atom stereocenters. The summed E-state index contributed by atoms with van der Waals surface area (Å²) in [6.45, 7) is 5.42. The highest BCUT2D eigenvalue weighted by Crippen LogP contribution is 2.41. The van der Waals surface area contributed by atoms with Gasteiger partial charge in [0.25, 0.3) is 0 Å². The second-order valence-electron chi connectivity index (χ2n) is 5.52. The minimum Gasteiger partial charge on any atom is -0.369 e. The number of benzene rings is 1. The van der Waals surface area contributed by atoms with E-state index in [9.17, 15) is 0 Å². The Morgan fingerprint density at radius 2 is 2.00 bits per heavy atom. The first-order valence-electron chi connectivity index (χ1n) is 7.05. The molecular weight excluding hydrogens is 248 g/mol. The van der Waals surface area contributed by atoms with Crippen LogP contribution in [-0.2, 0) is 6.54 Å². The van der Waals surface area contributed by atoms with Gasteiger partial charge >= 0.3 is 0 Å². The van der Waals surface area contributed by atoms with E-state index in [4.69, 9.17) is 0 Å². The van der Waals surface area contributed by atoms with E-state index in [1.807, 2.05) is 20.3 Å². The summed E-state index contributed by atoms with van der Waals surface area (Å²) in [5.41, 5.74) is 6.49. The normalized spacial score (nSPS) is 12.6. The number of aromatic nitrogens is 2. The molecule has 2 N–H and O–H groups in total. The van der Waals surface area contributed by atoms with Crippen molar-refractivity contribution < 1.29 is 0 Å². The summed E-state index contributed by atoms with van der Waals surface area (Å²) >= 11 is 0. The van der Waals surface area contributed by atoms with Crippen molar-refractivity contribution in [3.8, 4) is 11.3 Å². The SMILES string of the molecule is CC(C)c1cccc2c1N(C)Cc1cn[nH]c1-2.CNC. The molecule has 2 aromatic rings. The van der Waals surface area contributed by atoms with Crippen LogP contribution >= 0.6 is 0 Å². The third-order valence-corrected chi connectivity index (χ3v) is 3.47. The number of fused-ring (bicyclic) bond motifs is 3. The van der Waals surface area contributed by atoms with Crippen LogP contribution in [0, 0.1) is 0 Å². The summed E-state index contributed by atoms with van der Waals surface area (Å²) in [6.07, 6.45) is 1.93. The fraction of sp³-hybridized carbons (Fsp3) is 0.438. The second-order valence-corrected chi connectivity index (χ2v) is 5.52. The molecule has 108 valence electrons. The van der Waals surface area contributed by atoms with Crippen LogP contribution in [0.15, 0.2) is 24.4 Å². The second kappa shape index (κ2) is 6.09. The first-order chi connectivity index (χ1) is 9.60. The third-order valence-electron chi connectivity index (χ3n) is 3.47. The zero-order chi connectivity index (χ0) is 14.7. The number of anilines is 1. The van der Waals surface area contributed by atoms with Crippen molar-refractivity contribution in [2.75, 3.05) is 26.0 Å². The lowest BCUT2D eigenvalue weighted by Crippen LogP contribution is -2.22. The summed E-state index contributed by atoms with van der Waals surface area (Å²) in [4.78, 5) is 2.32. The molecular formula is C16H24N4. The zero-order valence-corrected chi connectivity index (χ0v) is 13.0. The maximum absolute atomic E-state index is 4.16. The molecule has 4 heteroatoms. The van der Waals surface area contributed by atoms with Gasteiger partial charge in [-0.05, 0) is 25.6 Å². The lowest BCUT2D eigenvalue weighted by molar-refractivity contribution is 0.832. The van der Waals surface area contributed by atoms with Crippen LogP contribution in [0.2, 0.25) is 0 Å². The summed E-state index contributed by atoms with van der Waals surface area (Å²) < 4.78 is 0. The van der Waals surface area contributed by atoms with Gasteiger partial charge in [-0.3, -0.25) is 5.10 Å². The van der Waals surface area contributed by atoms with Gasteiger partial charge < -0.3 is 10.2 Å². The zero-order valence-electron chi connectivity index (χ0n) is 13.0. The van der Waals surface area contributed by atoms with Crippen LogP contribution in [-0.4, -0.2) is 31.3 Å². The molecule has 1 aromatic heterocycles. The highest BCUT2D eigenvalue weighted by Gasteiger charge is 2.24. The van der Waals surface area contributed by atoms with Crippen molar-refractivity contribution in [3.63, 3.8) is 0 Å². The number of rotatable bonds is 1. The van der Waals surface area contributed by atoms with E-state index in [-0.39, 0.29) is 0 Å². The molecule has 2 heterocycles. The van der Waals surface area contributed by atoms with Crippen LogP contribution in [0.25, 0.3) is 11.3 Å². The predicted octanol–water partition coefficient (Wildman–Crippen LogP) is 2.99. The lowest BCUT2D eigenvalue weighted by atomic mass is 9.92. The van der Waals surface area contributed by atoms with E-state index < -0.39 is 0 Å². The van der Waals surface area contributed by atoms with Gasteiger partial charge in [-0.25, -0.2) is 0 Å². The largest absolute Gasteiger partial charge is 0.369 e. The summed E-state index contributed by atoms with van der Waals surface area (Å²) in [7, 11) is 5.90. The number of hydrogen-bond acceptors (Lipinski definition) is 3. The van der Waals surface area contributed by atoms with Gasteiger partial charge in [-0.1, -0.05) is 32.0 Å². The Bertz CT molecular complexity index is 572. The van der Waals surface area contributed by atoms with Crippen LogP contribution in [0.1, 0.15) is 30.9 Å². The van der Waals surface area contributed by atoms with Gasteiger partial charge in [0.15, 0.2) is 0 Å². The molecule has 0 aliphatic carbocycles. The highest BCUT2D eigenvalue weighted by atomic mass is 15.2. The van der Waals surface area contributed by atoms with Crippen molar-refractivity contribution in [2.45, 2.75) is 26.3 Å². The van der Waals surface area contributed by atoms with Crippen LogP contribution in [0.3, 0.4) is 0 Å². The van der Waals surface area contributed by atoms with E-state index in [1.54, 1.807) is 0 Å². The van der Waals surface area contributed by atoms with Crippen molar-refractivity contribution in [3.05, 3.63) is 35.5 Å². The van der Waals surface area contributed by atoms with E-state index in [1.165, 1.54) is 28.1 Å². The number of aromatic amines is 1. The Hall–Kier alpha value is -1.81. The average molecular weight is 272 g/mol. The molecule has 3 rings (SSSR count). The van der Waals surface area contributed by atoms with Crippen molar-refractivity contribution in [1.29, 1.82) is 0 Å². The molecule has 1 aromatic carbocycles. The van der Waals surface area contributed by atoms with Crippen molar-refractivity contribution in [2.24, 2.45) is 0 Å². The Morgan fingerprint density at radius 3 is 2.65 bits per heavy atom. The minimum atomic E-state index is 0.539. The molecule has 1 aliphatic heterocycles. The van der Waals surface area contributed by atoms with Crippen LogP contribution in [0.5, 0.6) is 0 Å². The van der Waals surface area contributed by atoms with E-state index in [0.717, 1.165) is 6.54 Å². The molecule has 20 heavy (non-hydrogen) atoms. The minimum absolute atomic E-state index is 0.539. The first kappa shape index (κ1) is 14.6. The van der Waals surface area contributed by atoms with Gasteiger partial charge in [-0.15, -0.1) is 0 Å². The Balaban J connectivity index is 0.000000452. The Kier molecular flexibility index (Phi) is 4.45. The summed E-state index contributed by atoms with van der Waals surface area (Å²) in [5.74, 6) is 0.539. The standard InChI is InChI=1S/C14H17N3.C2H7N/c1-9(2)11-5-4-6-12-13-10(7-15-16-13)8-17(3)14(11)12;1-3-2/h4-7,9H,8H2,1-3H3,(H,15,16);3H,1-2H3. The molecule has 0 spiro atoms. The molecule has 0 bridgehead atoms. The predicted molar refractivity (Wildman–Crippen MR) is 85.2 cm³/mol. The maximum Gasteiger partial charge on any atom is 0.0721 e. The molecule has 0 amide bonds. The van der Waals surface area contributed by atoms with Gasteiger partial charge in [0.05, 0.1) is 11.9 Å². The van der Waals surface area contributed by atoms with Gasteiger partial charge in [0.2, 0.25) is 0 Å². The number of nitrogens with zero attached hydrogens (tertiary/aromatic N) is 2. The van der Waals surface area contributed by atoms with E-state index >= 15 is 0 Å². The molecule has 0 radical (unpaired) electrons. The molecule has 0 atom stereocenters. The van der Waals surface area contributed by atoms with Crippen LogP contribution < -0.4 is 10.2 Å². The molecule has 1 aliphatic rings. The molecule has 0 saturated heterocycles. The smallest absolute Gasteiger partial charge is 0.0721 e. The van der Waals surface area contributed by atoms with Gasteiger partial charge in [0, 0.05) is 30.4 Å². The fourth-order valence-electron chi connectivity index (χ4n) is 2.65. The summed E-state index contributed by atoms with van der Waals surface area (Å²) in [6, 6.07) is 6.53. The first-order valence-corrected chi connectivity index (χ1v) is 7.05. The lowest BCUT2D eigenvalue weighted by Gasteiger charge is -2.30. The summed E-state index contributed by atoms with van der Waals surface area (Å²) in [5, 5.41) is 10.0. The third kappa shape index (κ3) is 2.56. The topological polar surface area (TPSA) is 44.0 Å². The number of hydrogen-bond donors (Lipinski definition) is 2. The van der Waals surface area contributed by atoms with Gasteiger partial charge in [-0.2, -0.15) is 5.10 Å². The molecule has 0 saturated carbocycles. The van der Waals surface area contributed by atoms with Gasteiger partial charge in [0.1, 0.15) is 0 Å². The van der Waals surface area contributed by atoms with Crippen LogP contribution in [0.4, 0.5) is 5.69 Å². The number of para-hydroxylation sites is 1. The van der Waals surface area contributed by atoms with E-state index in [0.29, 0.717) is 5.92 Å². The van der Waals surface area contributed by atoms with E-state index in [2.05, 4.69) is 59.5 Å². The quantitative estimate of drug-likeness (QED) is 0.839. The number of nitrogens with one attached hydrogen (secondary N) is 2. The molecule has 0 fully saturated rings. The van der Waals surface area contributed by atoms with Crippen molar-refractivity contribution >= 4 is 5.69 Å². The van der Waals surface area contributed by atoms with Crippen molar-refractivity contribution in [1.82, 2.24) is 15.5 Å². The monoisotopic (exact) mass is 272 g/mol.